The van der Waals surface area contributed by atoms with Gasteiger partial charge in [-0.25, -0.2) is 15.0 Å². The molecule has 0 spiro atoms. The van der Waals surface area contributed by atoms with E-state index in [1.165, 1.54) is 21.5 Å². The first-order chi connectivity index (χ1) is 25.8. The number of furan rings is 1. The molecule has 0 aliphatic carbocycles. The van der Waals surface area contributed by atoms with Gasteiger partial charge in [-0.1, -0.05) is 115 Å². The summed E-state index contributed by atoms with van der Waals surface area (Å²) in [4.78, 5) is 15.5. The Hall–Kier alpha value is -7.11. The van der Waals surface area contributed by atoms with Crippen LogP contribution in [0.4, 0.5) is 0 Å². The fourth-order valence-corrected chi connectivity index (χ4v) is 7.82. The number of benzene rings is 8. The molecule has 52 heavy (non-hydrogen) atoms. The van der Waals surface area contributed by atoms with Crippen LogP contribution in [0.15, 0.2) is 174 Å². The molecule has 0 bridgehead atoms. The lowest BCUT2D eigenvalue weighted by Gasteiger charge is -2.10. The lowest BCUT2D eigenvalue weighted by atomic mass is 9.98. The maximum Gasteiger partial charge on any atom is 0.164 e. The Labute approximate surface area is 298 Å². The number of nitrogens with zero attached hydrogens (tertiary/aromatic N) is 4. The summed E-state index contributed by atoms with van der Waals surface area (Å²) in [6.07, 6.45) is 0. The van der Waals surface area contributed by atoms with Crippen LogP contribution in [0.5, 0.6) is 0 Å². The largest absolute Gasteiger partial charge is 0.456 e. The van der Waals surface area contributed by atoms with Crippen LogP contribution in [-0.4, -0.2) is 19.5 Å². The highest BCUT2D eigenvalue weighted by molar-refractivity contribution is 6.19. The third-order valence-corrected chi connectivity index (χ3v) is 10.2. The molecule has 8 aromatic carbocycles. The van der Waals surface area contributed by atoms with Gasteiger partial charge < -0.3 is 8.98 Å². The normalized spacial score (nSPS) is 11.8. The van der Waals surface area contributed by atoms with Crippen LogP contribution in [0.2, 0.25) is 0 Å². The maximum atomic E-state index is 6.52. The fourth-order valence-electron chi connectivity index (χ4n) is 7.82. The van der Waals surface area contributed by atoms with E-state index in [0.29, 0.717) is 17.5 Å². The summed E-state index contributed by atoms with van der Waals surface area (Å²) in [7, 11) is 0. The summed E-state index contributed by atoms with van der Waals surface area (Å²) >= 11 is 0. The molecule has 3 aromatic heterocycles. The van der Waals surface area contributed by atoms with Crippen LogP contribution in [-0.2, 0) is 0 Å². The predicted octanol–water partition coefficient (Wildman–Crippen LogP) is 12.2. The average molecular weight is 665 g/mol. The van der Waals surface area contributed by atoms with Gasteiger partial charge in [-0.3, -0.25) is 0 Å². The number of para-hydroxylation sites is 2. The first-order valence-corrected chi connectivity index (χ1v) is 17.4. The zero-order valence-corrected chi connectivity index (χ0v) is 27.9. The minimum atomic E-state index is 0.599. The van der Waals surface area contributed by atoms with E-state index < -0.39 is 0 Å². The van der Waals surface area contributed by atoms with Gasteiger partial charge in [-0.15, -0.1) is 0 Å². The highest BCUT2D eigenvalue weighted by atomic mass is 16.3. The van der Waals surface area contributed by atoms with Crippen molar-refractivity contribution in [1.29, 1.82) is 0 Å². The molecule has 5 heteroatoms. The molecule has 0 unspecified atom stereocenters. The quantitative estimate of drug-likeness (QED) is 0.176. The van der Waals surface area contributed by atoms with Crippen molar-refractivity contribution >= 4 is 65.3 Å². The van der Waals surface area contributed by atoms with E-state index in [0.717, 1.165) is 66.1 Å². The molecule has 0 saturated carbocycles. The third-order valence-electron chi connectivity index (χ3n) is 10.2. The number of hydrogen-bond donors (Lipinski definition) is 0. The monoisotopic (exact) mass is 664 g/mol. The van der Waals surface area contributed by atoms with E-state index in [4.69, 9.17) is 19.4 Å². The van der Waals surface area contributed by atoms with Gasteiger partial charge in [0.05, 0.1) is 11.0 Å². The first kappa shape index (κ1) is 28.7. The van der Waals surface area contributed by atoms with Crippen molar-refractivity contribution < 1.29 is 4.42 Å². The van der Waals surface area contributed by atoms with Crippen LogP contribution in [0.25, 0.3) is 105 Å². The number of hydrogen-bond acceptors (Lipinski definition) is 4. The second-order valence-electron chi connectivity index (χ2n) is 13.2. The zero-order valence-electron chi connectivity index (χ0n) is 27.9. The molecule has 0 saturated heterocycles. The van der Waals surface area contributed by atoms with E-state index in [9.17, 15) is 0 Å². The SMILES string of the molecule is c1ccc(-c2nc(-c3ccc4c(c3)c3ccccc3n4-c3ccccc3)nc(-c3cccc4oc5cc6ccc7ccccc7c6cc5c34)n2)cc1. The second kappa shape index (κ2) is 11.2. The Kier molecular flexibility index (Phi) is 6.18. The Balaban J connectivity index is 1.16. The Morgan fingerprint density at radius 1 is 0.385 bits per heavy atom. The molecule has 0 aliphatic rings. The molecule has 3 heterocycles. The van der Waals surface area contributed by atoms with Gasteiger partial charge in [0, 0.05) is 43.9 Å². The van der Waals surface area contributed by atoms with Gasteiger partial charge in [0.15, 0.2) is 17.5 Å². The van der Waals surface area contributed by atoms with Crippen molar-refractivity contribution in [3.8, 4) is 39.9 Å². The van der Waals surface area contributed by atoms with Crippen LogP contribution in [0.1, 0.15) is 0 Å². The summed E-state index contributed by atoms with van der Waals surface area (Å²) in [6.45, 7) is 0. The molecule has 5 nitrogen and oxygen atoms in total. The van der Waals surface area contributed by atoms with Gasteiger partial charge in [0.2, 0.25) is 0 Å². The summed E-state index contributed by atoms with van der Waals surface area (Å²) in [5, 5.41) is 9.10. The molecule has 0 amide bonds. The molecular formula is C47H28N4O. The summed E-state index contributed by atoms with van der Waals surface area (Å²) in [5.74, 6) is 1.83. The van der Waals surface area contributed by atoms with Gasteiger partial charge in [0.25, 0.3) is 0 Å². The van der Waals surface area contributed by atoms with Gasteiger partial charge in [-0.05, 0) is 76.1 Å². The van der Waals surface area contributed by atoms with Gasteiger partial charge >= 0.3 is 0 Å². The van der Waals surface area contributed by atoms with E-state index in [1.54, 1.807) is 0 Å². The van der Waals surface area contributed by atoms with E-state index >= 15 is 0 Å². The van der Waals surface area contributed by atoms with Crippen LogP contribution >= 0.6 is 0 Å². The fraction of sp³-hybridized carbons (Fsp3) is 0. The predicted molar refractivity (Wildman–Crippen MR) is 213 cm³/mol. The van der Waals surface area contributed by atoms with Crippen molar-refractivity contribution in [1.82, 2.24) is 19.5 Å². The molecule has 11 rings (SSSR count). The maximum absolute atomic E-state index is 6.52. The minimum Gasteiger partial charge on any atom is -0.456 e. The summed E-state index contributed by atoms with van der Waals surface area (Å²) in [5.41, 5.74) is 7.79. The van der Waals surface area contributed by atoms with Crippen LogP contribution < -0.4 is 0 Å². The number of fused-ring (bicyclic) bond motifs is 9. The van der Waals surface area contributed by atoms with Crippen LogP contribution in [0.3, 0.4) is 0 Å². The topological polar surface area (TPSA) is 56.7 Å². The molecule has 0 N–H and O–H groups in total. The van der Waals surface area contributed by atoms with E-state index in [2.05, 4.69) is 132 Å². The van der Waals surface area contributed by atoms with Crippen molar-refractivity contribution in [3.05, 3.63) is 170 Å². The van der Waals surface area contributed by atoms with Crippen molar-refractivity contribution in [3.63, 3.8) is 0 Å². The Bertz CT molecular complexity index is 3180. The smallest absolute Gasteiger partial charge is 0.164 e. The Morgan fingerprint density at radius 3 is 1.94 bits per heavy atom. The Morgan fingerprint density at radius 2 is 1.08 bits per heavy atom. The first-order valence-electron chi connectivity index (χ1n) is 17.4. The average Bonchev–Trinajstić information content (AvgIpc) is 3.75. The molecule has 0 atom stereocenters. The van der Waals surface area contributed by atoms with E-state index in [1.807, 2.05) is 42.5 Å². The van der Waals surface area contributed by atoms with Crippen molar-refractivity contribution in [2.75, 3.05) is 0 Å². The summed E-state index contributed by atoms with van der Waals surface area (Å²) < 4.78 is 8.84. The molecular weight excluding hydrogens is 637 g/mol. The summed E-state index contributed by atoms with van der Waals surface area (Å²) in [6, 6.07) is 59.1. The molecule has 242 valence electrons. The minimum absolute atomic E-state index is 0.599. The van der Waals surface area contributed by atoms with Crippen LogP contribution in [0, 0.1) is 0 Å². The standard InChI is InChI=1S/C47H28N4O/c1-3-13-30(14-4-1)45-48-46(32-24-25-41-38(26-32)35-18-9-10-20-40(35)51(41)33-15-5-2-6-16-33)50-47(49-45)36-19-11-21-42-44(36)39-28-37-31(27-43(39)52-42)23-22-29-12-7-8-17-34(29)37/h1-28H. The lowest BCUT2D eigenvalue weighted by molar-refractivity contribution is 0.669. The highest BCUT2D eigenvalue weighted by Crippen LogP contribution is 2.40. The lowest BCUT2D eigenvalue weighted by Crippen LogP contribution is -2.00. The number of rotatable bonds is 4. The second-order valence-corrected chi connectivity index (χ2v) is 13.2. The molecule has 0 aliphatic heterocycles. The number of aromatic nitrogens is 4. The third kappa shape index (κ3) is 4.39. The molecule has 0 radical (unpaired) electrons. The molecule has 0 fully saturated rings. The van der Waals surface area contributed by atoms with Crippen molar-refractivity contribution in [2.24, 2.45) is 0 Å². The highest BCUT2D eigenvalue weighted by Gasteiger charge is 2.20. The molecule has 11 aromatic rings. The van der Waals surface area contributed by atoms with E-state index in [-0.39, 0.29) is 0 Å². The van der Waals surface area contributed by atoms with Crippen molar-refractivity contribution in [2.45, 2.75) is 0 Å². The zero-order chi connectivity index (χ0) is 34.2. The van der Waals surface area contributed by atoms with Gasteiger partial charge in [0.1, 0.15) is 11.2 Å². The van der Waals surface area contributed by atoms with Gasteiger partial charge in [-0.2, -0.15) is 0 Å².